The van der Waals surface area contributed by atoms with Crippen LogP contribution in [-0.4, -0.2) is 48.9 Å². The maximum atomic E-state index is 11.1. The molecule has 0 spiro atoms. The number of rotatable bonds is 4. The molecule has 3 heteroatoms. The highest BCUT2D eigenvalue weighted by molar-refractivity contribution is 5.86. The topological polar surface area (TPSA) is 23.6 Å². The molecule has 1 aliphatic heterocycles. The average Bonchev–Trinajstić information content (AvgIpc) is 2.65. The molecule has 1 heterocycles. The summed E-state index contributed by atoms with van der Waals surface area (Å²) in [4.78, 5) is 15.2. The lowest BCUT2D eigenvalue weighted by molar-refractivity contribution is -0.124. The predicted molar refractivity (Wildman–Crippen MR) is 53.5 cm³/mol. The summed E-state index contributed by atoms with van der Waals surface area (Å²) >= 11 is 0. The zero-order valence-corrected chi connectivity index (χ0v) is 8.33. The second-order valence-electron chi connectivity index (χ2n) is 3.51. The van der Waals surface area contributed by atoms with Crippen molar-refractivity contribution in [1.29, 1.82) is 0 Å². The molecule has 0 bridgehead atoms. The van der Waals surface area contributed by atoms with E-state index in [0.717, 1.165) is 13.1 Å². The van der Waals surface area contributed by atoms with Gasteiger partial charge in [0.2, 0.25) is 5.91 Å². The van der Waals surface area contributed by atoms with Crippen LogP contribution in [0.2, 0.25) is 0 Å². The van der Waals surface area contributed by atoms with E-state index in [1.165, 1.54) is 32.0 Å². The number of likely N-dealkylation sites (N-methyl/N-ethyl adjacent to an activating group) is 1. The number of amides is 1. The van der Waals surface area contributed by atoms with Crippen molar-refractivity contribution in [2.75, 3.05) is 33.2 Å². The Bertz CT molecular complexity index is 185. The van der Waals surface area contributed by atoms with E-state index < -0.39 is 0 Å². The number of likely N-dealkylation sites (tertiary alicyclic amines) is 1. The van der Waals surface area contributed by atoms with Crippen molar-refractivity contribution in [3.8, 4) is 0 Å². The zero-order valence-electron chi connectivity index (χ0n) is 8.33. The third-order valence-electron chi connectivity index (χ3n) is 2.50. The van der Waals surface area contributed by atoms with E-state index in [-0.39, 0.29) is 5.91 Å². The molecule has 0 atom stereocenters. The van der Waals surface area contributed by atoms with Crippen molar-refractivity contribution in [3.05, 3.63) is 12.7 Å². The van der Waals surface area contributed by atoms with Crippen LogP contribution >= 0.6 is 0 Å². The Morgan fingerprint density at radius 1 is 1.54 bits per heavy atom. The van der Waals surface area contributed by atoms with E-state index >= 15 is 0 Å². The van der Waals surface area contributed by atoms with Crippen molar-refractivity contribution in [3.63, 3.8) is 0 Å². The molecule has 13 heavy (non-hydrogen) atoms. The quantitative estimate of drug-likeness (QED) is 0.598. The van der Waals surface area contributed by atoms with Crippen LogP contribution in [0.15, 0.2) is 12.7 Å². The first-order valence-corrected chi connectivity index (χ1v) is 4.84. The van der Waals surface area contributed by atoms with Gasteiger partial charge >= 0.3 is 0 Å². The Balaban J connectivity index is 2.17. The molecular formula is C10H18N2O. The van der Waals surface area contributed by atoms with Gasteiger partial charge in [0, 0.05) is 20.1 Å². The third kappa shape index (κ3) is 3.19. The number of nitrogens with zero attached hydrogens (tertiary/aromatic N) is 2. The first-order chi connectivity index (χ1) is 6.24. The molecular weight excluding hydrogens is 164 g/mol. The van der Waals surface area contributed by atoms with Gasteiger partial charge in [-0.05, 0) is 32.0 Å². The molecule has 0 aromatic heterocycles. The average molecular weight is 182 g/mol. The summed E-state index contributed by atoms with van der Waals surface area (Å²) in [5.41, 5.74) is 0. The second kappa shape index (κ2) is 5.02. The summed E-state index contributed by atoms with van der Waals surface area (Å²) < 4.78 is 0. The molecule has 0 radical (unpaired) electrons. The van der Waals surface area contributed by atoms with Crippen LogP contribution in [0.3, 0.4) is 0 Å². The highest BCUT2D eigenvalue weighted by atomic mass is 16.2. The van der Waals surface area contributed by atoms with Crippen LogP contribution in [-0.2, 0) is 4.79 Å². The van der Waals surface area contributed by atoms with Gasteiger partial charge in [-0.1, -0.05) is 6.58 Å². The lowest BCUT2D eigenvalue weighted by atomic mass is 10.4. The van der Waals surface area contributed by atoms with Gasteiger partial charge < -0.3 is 9.80 Å². The SMILES string of the molecule is C=CC(=O)N(C)CCN1CCCC1. The fourth-order valence-corrected chi connectivity index (χ4v) is 1.56. The van der Waals surface area contributed by atoms with Gasteiger partial charge in [0.05, 0.1) is 0 Å². The van der Waals surface area contributed by atoms with Crippen molar-refractivity contribution in [2.45, 2.75) is 12.8 Å². The Morgan fingerprint density at radius 3 is 2.69 bits per heavy atom. The van der Waals surface area contributed by atoms with E-state index in [1.54, 1.807) is 4.90 Å². The first-order valence-electron chi connectivity index (χ1n) is 4.84. The Morgan fingerprint density at radius 2 is 2.15 bits per heavy atom. The molecule has 0 unspecified atom stereocenters. The van der Waals surface area contributed by atoms with Gasteiger partial charge in [-0.3, -0.25) is 4.79 Å². The lowest BCUT2D eigenvalue weighted by Gasteiger charge is -2.20. The van der Waals surface area contributed by atoms with Gasteiger partial charge in [-0.25, -0.2) is 0 Å². The first kappa shape index (κ1) is 10.3. The van der Waals surface area contributed by atoms with Gasteiger partial charge in [-0.15, -0.1) is 0 Å². The van der Waals surface area contributed by atoms with E-state index in [0.29, 0.717) is 0 Å². The van der Waals surface area contributed by atoms with Crippen LogP contribution in [0.4, 0.5) is 0 Å². The van der Waals surface area contributed by atoms with E-state index in [4.69, 9.17) is 0 Å². The normalized spacial score (nSPS) is 17.3. The Hall–Kier alpha value is -0.830. The molecule has 1 rings (SSSR count). The fraction of sp³-hybridized carbons (Fsp3) is 0.700. The smallest absolute Gasteiger partial charge is 0.245 e. The Labute approximate surface area is 80.0 Å². The van der Waals surface area contributed by atoms with E-state index in [2.05, 4.69) is 11.5 Å². The van der Waals surface area contributed by atoms with Crippen LogP contribution in [0.1, 0.15) is 12.8 Å². The molecule has 1 amide bonds. The number of hydrogen-bond donors (Lipinski definition) is 0. The summed E-state index contributed by atoms with van der Waals surface area (Å²) in [7, 11) is 1.82. The summed E-state index contributed by atoms with van der Waals surface area (Å²) in [5.74, 6) is 0.0131. The van der Waals surface area contributed by atoms with Gasteiger partial charge in [0.1, 0.15) is 0 Å². The summed E-state index contributed by atoms with van der Waals surface area (Å²) in [6.45, 7) is 7.64. The summed E-state index contributed by atoms with van der Waals surface area (Å²) in [6, 6.07) is 0. The highest BCUT2D eigenvalue weighted by Crippen LogP contribution is 2.06. The largest absolute Gasteiger partial charge is 0.341 e. The number of carbonyl (C=O) groups is 1. The number of carbonyl (C=O) groups excluding carboxylic acids is 1. The Kier molecular flexibility index (Phi) is 3.96. The molecule has 1 fully saturated rings. The standard InChI is InChI=1S/C10H18N2O/c1-3-10(13)11(2)8-9-12-6-4-5-7-12/h3H,1,4-9H2,2H3. The van der Waals surface area contributed by atoms with Crippen LogP contribution in [0.5, 0.6) is 0 Å². The van der Waals surface area contributed by atoms with Gasteiger partial charge in [0.25, 0.3) is 0 Å². The van der Waals surface area contributed by atoms with Crippen molar-refractivity contribution in [2.24, 2.45) is 0 Å². The molecule has 3 nitrogen and oxygen atoms in total. The monoisotopic (exact) mass is 182 g/mol. The number of hydrogen-bond acceptors (Lipinski definition) is 2. The predicted octanol–water partition coefficient (Wildman–Crippen LogP) is 0.727. The molecule has 0 saturated carbocycles. The minimum absolute atomic E-state index is 0.0131. The van der Waals surface area contributed by atoms with Crippen molar-refractivity contribution >= 4 is 5.91 Å². The molecule has 1 aliphatic rings. The van der Waals surface area contributed by atoms with Crippen LogP contribution in [0, 0.1) is 0 Å². The lowest BCUT2D eigenvalue weighted by Crippen LogP contribution is -2.34. The minimum atomic E-state index is 0.0131. The van der Waals surface area contributed by atoms with E-state index in [1.807, 2.05) is 7.05 Å². The molecule has 0 N–H and O–H groups in total. The maximum absolute atomic E-state index is 11.1. The zero-order chi connectivity index (χ0) is 9.68. The molecule has 0 aliphatic carbocycles. The fourth-order valence-electron chi connectivity index (χ4n) is 1.56. The second-order valence-corrected chi connectivity index (χ2v) is 3.51. The van der Waals surface area contributed by atoms with Crippen molar-refractivity contribution < 1.29 is 4.79 Å². The van der Waals surface area contributed by atoms with Crippen LogP contribution in [0.25, 0.3) is 0 Å². The molecule has 1 saturated heterocycles. The highest BCUT2D eigenvalue weighted by Gasteiger charge is 2.12. The van der Waals surface area contributed by atoms with Gasteiger partial charge in [0.15, 0.2) is 0 Å². The third-order valence-corrected chi connectivity index (χ3v) is 2.50. The van der Waals surface area contributed by atoms with Crippen molar-refractivity contribution in [1.82, 2.24) is 9.80 Å². The minimum Gasteiger partial charge on any atom is -0.341 e. The van der Waals surface area contributed by atoms with E-state index in [9.17, 15) is 4.79 Å². The summed E-state index contributed by atoms with van der Waals surface area (Å²) in [5, 5.41) is 0. The van der Waals surface area contributed by atoms with Crippen LogP contribution < -0.4 is 0 Å². The summed E-state index contributed by atoms with van der Waals surface area (Å²) in [6.07, 6.45) is 3.97. The molecule has 0 aromatic carbocycles. The van der Waals surface area contributed by atoms with Gasteiger partial charge in [-0.2, -0.15) is 0 Å². The molecule has 0 aromatic rings. The maximum Gasteiger partial charge on any atom is 0.245 e. The molecule has 74 valence electrons.